The molecule has 6 nitrogen and oxygen atoms in total. The fraction of sp³-hybridized carbons (Fsp3) is 0.545. The predicted molar refractivity (Wildman–Crippen MR) is 69.8 cm³/mol. The largest absolute Gasteiger partial charge is 0.363 e. The minimum absolute atomic E-state index is 0.0328. The summed E-state index contributed by atoms with van der Waals surface area (Å²) in [5.41, 5.74) is 5.63. The quantitative estimate of drug-likeness (QED) is 0.800. The van der Waals surface area contributed by atoms with Crippen molar-refractivity contribution < 1.29 is 8.42 Å². The van der Waals surface area contributed by atoms with Crippen molar-refractivity contribution in [2.75, 3.05) is 26.0 Å². The van der Waals surface area contributed by atoms with Crippen LogP contribution in [-0.4, -0.2) is 43.9 Å². The minimum atomic E-state index is -3.41. The van der Waals surface area contributed by atoms with Crippen LogP contribution in [0.4, 0.5) is 5.82 Å². The van der Waals surface area contributed by atoms with Crippen LogP contribution in [0.25, 0.3) is 0 Å². The molecular formula is C11H18N4O2S. The fourth-order valence-corrected chi connectivity index (χ4v) is 2.47. The van der Waals surface area contributed by atoms with Crippen LogP contribution in [0.3, 0.4) is 0 Å². The van der Waals surface area contributed by atoms with Crippen molar-refractivity contribution in [2.45, 2.75) is 23.3 Å². The Morgan fingerprint density at radius 3 is 2.50 bits per heavy atom. The van der Waals surface area contributed by atoms with Crippen LogP contribution < -0.4 is 11.1 Å². The molecule has 0 radical (unpaired) electrons. The number of pyridine rings is 1. The lowest BCUT2D eigenvalue weighted by molar-refractivity contribution is 0.520. The first-order valence-electron chi connectivity index (χ1n) is 5.76. The van der Waals surface area contributed by atoms with Gasteiger partial charge in [-0.3, -0.25) is 0 Å². The lowest BCUT2D eigenvalue weighted by Crippen LogP contribution is -2.31. The van der Waals surface area contributed by atoms with Gasteiger partial charge in [-0.2, -0.15) is 0 Å². The molecule has 3 N–H and O–H groups in total. The Morgan fingerprint density at radius 1 is 1.44 bits per heavy atom. The predicted octanol–water partition coefficient (Wildman–Crippen LogP) is 0.235. The van der Waals surface area contributed by atoms with Gasteiger partial charge >= 0.3 is 0 Å². The molecule has 1 aliphatic carbocycles. The molecule has 0 bridgehead atoms. The summed E-state index contributed by atoms with van der Waals surface area (Å²) in [4.78, 5) is 4.32. The molecule has 0 unspecified atom stereocenters. The first kappa shape index (κ1) is 13.3. The van der Waals surface area contributed by atoms with E-state index in [1.54, 1.807) is 12.1 Å². The zero-order chi connectivity index (χ0) is 13.4. The van der Waals surface area contributed by atoms with Crippen LogP contribution in [0.5, 0.6) is 0 Å². The van der Waals surface area contributed by atoms with Gasteiger partial charge in [0.05, 0.1) is 5.54 Å². The summed E-state index contributed by atoms with van der Waals surface area (Å²) in [5.74, 6) is 0.663. The van der Waals surface area contributed by atoms with Gasteiger partial charge in [-0.05, 0) is 25.0 Å². The summed E-state index contributed by atoms with van der Waals surface area (Å²) in [6.07, 6.45) is 3.43. The van der Waals surface area contributed by atoms with Crippen LogP contribution in [0.2, 0.25) is 0 Å². The summed E-state index contributed by atoms with van der Waals surface area (Å²) in [6, 6.07) is 3.23. The highest BCUT2D eigenvalue weighted by molar-refractivity contribution is 7.89. The molecule has 0 amide bonds. The Balaban J connectivity index is 2.16. The summed E-state index contributed by atoms with van der Waals surface area (Å²) in [7, 11) is -0.419. The van der Waals surface area contributed by atoms with Gasteiger partial charge in [0, 0.05) is 26.8 Å². The van der Waals surface area contributed by atoms with Crippen LogP contribution in [-0.2, 0) is 10.0 Å². The number of nitrogens with one attached hydrogen (secondary N) is 1. The second-order valence-electron chi connectivity index (χ2n) is 4.78. The molecule has 0 saturated heterocycles. The fourth-order valence-electron chi connectivity index (χ4n) is 1.62. The number of rotatable bonds is 5. The third-order valence-electron chi connectivity index (χ3n) is 3.15. The third kappa shape index (κ3) is 2.47. The van der Waals surface area contributed by atoms with Crippen molar-refractivity contribution in [3.05, 3.63) is 18.3 Å². The lowest BCUT2D eigenvalue weighted by Gasteiger charge is -2.16. The van der Waals surface area contributed by atoms with Crippen LogP contribution in [0.15, 0.2) is 23.2 Å². The third-order valence-corrected chi connectivity index (χ3v) is 4.95. The van der Waals surface area contributed by atoms with Crippen LogP contribution in [0, 0.1) is 0 Å². The number of aromatic nitrogens is 1. The minimum Gasteiger partial charge on any atom is -0.363 e. The molecule has 18 heavy (non-hydrogen) atoms. The molecule has 0 atom stereocenters. The average Bonchev–Trinajstić information content (AvgIpc) is 3.10. The van der Waals surface area contributed by atoms with E-state index in [1.807, 2.05) is 0 Å². The number of nitrogens with two attached hydrogens (primary N) is 1. The van der Waals surface area contributed by atoms with E-state index in [0.29, 0.717) is 12.4 Å². The molecule has 0 spiro atoms. The molecule has 1 fully saturated rings. The Bertz CT molecular complexity index is 520. The van der Waals surface area contributed by atoms with E-state index < -0.39 is 10.0 Å². The molecule has 0 aromatic carbocycles. The summed E-state index contributed by atoms with van der Waals surface area (Å²) in [5, 5.41) is 3.24. The van der Waals surface area contributed by atoms with Gasteiger partial charge in [0.15, 0.2) is 0 Å². The van der Waals surface area contributed by atoms with Crippen molar-refractivity contribution in [1.82, 2.24) is 9.29 Å². The lowest BCUT2D eigenvalue weighted by atomic mass is 10.3. The van der Waals surface area contributed by atoms with Crippen LogP contribution in [0.1, 0.15) is 12.8 Å². The van der Waals surface area contributed by atoms with Gasteiger partial charge < -0.3 is 11.1 Å². The Hall–Kier alpha value is -1.18. The first-order valence-corrected chi connectivity index (χ1v) is 7.20. The molecule has 0 aliphatic heterocycles. The maximum Gasteiger partial charge on any atom is 0.244 e. The average molecular weight is 270 g/mol. The Kier molecular flexibility index (Phi) is 3.31. The van der Waals surface area contributed by atoms with E-state index in [2.05, 4.69) is 10.3 Å². The highest BCUT2D eigenvalue weighted by Gasteiger charge is 2.41. The molecule has 1 heterocycles. The molecular weight excluding hydrogens is 252 g/mol. The Morgan fingerprint density at radius 2 is 2.11 bits per heavy atom. The van der Waals surface area contributed by atoms with Crippen LogP contribution >= 0.6 is 0 Å². The van der Waals surface area contributed by atoms with Crippen molar-refractivity contribution in [1.29, 1.82) is 0 Å². The second-order valence-corrected chi connectivity index (χ2v) is 6.93. The highest BCUT2D eigenvalue weighted by Crippen LogP contribution is 2.37. The summed E-state index contributed by atoms with van der Waals surface area (Å²) >= 11 is 0. The first-order chi connectivity index (χ1) is 8.39. The molecule has 7 heteroatoms. The summed E-state index contributed by atoms with van der Waals surface area (Å²) in [6.45, 7) is 0.562. The van der Waals surface area contributed by atoms with Crippen molar-refractivity contribution in [3.8, 4) is 0 Å². The molecule has 1 aromatic rings. The molecule has 100 valence electrons. The van der Waals surface area contributed by atoms with Gasteiger partial charge in [0.1, 0.15) is 10.7 Å². The molecule has 2 rings (SSSR count). The van der Waals surface area contributed by atoms with E-state index in [9.17, 15) is 8.42 Å². The van der Waals surface area contributed by atoms with Crippen molar-refractivity contribution in [3.63, 3.8) is 0 Å². The molecule has 1 saturated carbocycles. The number of nitrogens with zero attached hydrogens (tertiary/aromatic N) is 2. The van der Waals surface area contributed by atoms with Gasteiger partial charge in [-0.15, -0.1) is 0 Å². The van der Waals surface area contributed by atoms with Crippen molar-refractivity contribution in [2.24, 2.45) is 5.73 Å². The highest BCUT2D eigenvalue weighted by atomic mass is 32.2. The monoisotopic (exact) mass is 270 g/mol. The van der Waals surface area contributed by atoms with Gasteiger partial charge in [0.25, 0.3) is 0 Å². The van der Waals surface area contributed by atoms with Crippen molar-refractivity contribution >= 4 is 15.8 Å². The number of hydrogen-bond donors (Lipinski definition) is 2. The van der Waals surface area contributed by atoms with Gasteiger partial charge in [-0.25, -0.2) is 17.7 Å². The van der Waals surface area contributed by atoms with E-state index in [-0.39, 0.29) is 10.4 Å². The second kappa shape index (κ2) is 4.49. The Labute approximate surface area is 107 Å². The number of sulfonamides is 1. The van der Waals surface area contributed by atoms with Gasteiger partial charge in [0.2, 0.25) is 10.0 Å². The van der Waals surface area contributed by atoms with E-state index in [4.69, 9.17) is 5.73 Å². The normalized spacial score (nSPS) is 17.8. The number of anilines is 1. The maximum atomic E-state index is 11.8. The topological polar surface area (TPSA) is 88.3 Å². The standard InChI is InChI=1S/C11H18N4O2S/c1-15(2)18(16,17)9-3-4-10(13-7-9)14-11(8-12)5-6-11/h3-4,7H,5-6,8,12H2,1-2H3,(H,13,14). The van der Waals surface area contributed by atoms with Gasteiger partial charge in [-0.1, -0.05) is 0 Å². The van der Waals surface area contributed by atoms with E-state index in [0.717, 1.165) is 12.8 Å². The van der Waals surface area contributed by atoms with E-state index in [1.165, 1.54) is 24.6 Å². The molecule has 1 aliphatic rings. The zero-order valence-electron chi connectivity index (χ0n) is 10.5. The smallest absolute Gasteiger partial charge is 0.244 e. The zero-order valence-corrected chi connectivity index (χ0v) is 11.4. The SMILES string of the molecule is CN(C)S(=O)(=O)c1ccc(NC2(CN)CC2)nc1. The van der Waals surface area contributed by atoms with E-state index >= 15 is 0 Å². The number of hydrogen-bond acceptors (Lipinski definition) is 5. The molecule has 1 aromatic heterocycles. The summed E-state index contributed by atoms with van der Waals surface area (Å²) < 4.78 is 24.9. The maximum absolute atomic E-state index is 11.8.